The van der Waals surface area contributed by atoms with Crippen LogP contribution in [0.15, 0.2) is 0 Å². The van der Waals surface area contributed by atoms with E-state index in [0.29, 0.717) is 24.0 Å². The minimum atomic E-state index is 0.185. The van der Waals surface area contributed by atoms with Crippen molar-refractivity contribution in [1.82, 2.24) is 24.8 Å². The van der Waals surface area contributed by atoms with Crippen LogP contribution in [0.5, 0.6) is 0 Å². The predicted molar refractivity (Wildman–Crippen MR) is 88.1 cm³/mol. The van der Waals surface area contributed by atoms with E-state index in [-0.39, 0.29) is 5.28 Å². The van der Waals surface area contributed by atoms with Crippen molar-refractivity contribution in [3.05, 3.63) is 5.28 Å². The van der Waals surface area contributed by atoms with Crippen molar-refractivity contribution in [3.8, 4) is 0 Å². The van der Waals surface area contributed by atoms with Crippen molar-refractivity contribution in [2.75, 3.05) is 51.9 Å². The molecule has 0 amide bonds. The highest BCUT2D eigenvalue weighted by molar-refractivity contribution is 6.28. The van der Waals surface area contributed by atoms with Crippen LogP contribution in [0.2, 0.25) is 5.28 Å². The molecular formula is C13H26ClN7. The van der Waals surface area contributed by atoms with E-state index in [2.05, 4.69) is 49.2 Å². The Morgan fingerprint density at radius 3 is 1.57 bits per heavy atom. The van der Waals surface area contributed by atoms with E-state index in [1.165, 1.54) is 0 Å². The Morgan fingerprint density at radius 1 is 0.857 bits per heavy atom. The molecule has 1 aromatic rings. The first kappa shape index (κ1) is 17.9. The summed E-state index contributed by atoms with van der Waals surface area (Å²) in [6, 6.07) is 0.733. The highest BCUT2D eigenvalue weighted by atomic mass is 35.5. The standard InChI is InChI=1S/C13H26ClN7/c1-9(20(3)4)7-15-12-17-11(14)18-13(19-12)16-8-10(2)21(5)6/h9-10H,7-8H2,1-6H3,(H2,15,16,17,18,19). The number of aromatic nitrogens is 3. The van der Waals surface area contributed by atoms with Crippen molar-refractivity contribution in [1.29, 1.82) is 0 Å². The molecule has 1 rings (SSSR count). The third-order valence-corrected chi connectivity index (χ3v) is 3.65. The molecule has 0 saturated heterocycles. The van der Waals surface area contributed by atoms with Crippen molar-refractivity contribution < 1.29 is 0 Å². The van der Waals surface area contributed by atoms with Crippen LogP contribution in [0.1, 0.15) is 13.8 Å². The number of anilines is 2. The number of rotatable bonds is 8. The molecule has 0 aliphatic carbocycles. The van der Waals surface area contributed by atoms with Crippen LogP contribution in [-0.4, -0.2) is 78.1 Å². The van der Waals surface area contributed by atoms with Crippen molar-refractivity contribution >= 4 is 23.5 Å². The fourth-order valence-corrected chi connectivity index (χ4v) is 1.51. The van der Waals surface area contributed by atoms with Gasteiger partial charge in [-0.25, -0.2) is 0 Å². The summed E-state index contributed by atoms with van der Waals surface area (Å²) in [7, 11) is 8.12. The summed E-state index contributed by atoms with van der Waals surface area (Å²) in [5.74, 6) is 0.979. The largest absolute Gasteiger partial charge is 0.352 e. The summed E-state index contributed by atoms with van der Waals surface area (Å²) in [4.78, 5) is 16.7. The summed E-state index contributed by atoms with van der Waals surface area (Å²) in [5, 5.41) is 6.54. The Morgan fingerprint density at radius 2 is 1.24 bits per heavy atom. The van der Waals surface area contributed by atoms with Gasteiger partial charge in [-0.3, -0.25) is 0 Å². The third kappa shape index (κ3) is 6.41. The number of hydrogen-bond donors (Lipinski definition) is 2. The summed E-state index contributed by atoms with van der Waals surface area (Å²) in [5.41, 5.74) is 0. The maximum atomic E-state index is 5.94. The quantitative estimate of drug-likeness (QED) is 0.748. The highest BCUT2D eigenvalue weighted by Gasteiger charge is 2.09. The van der Waals surface area contributed by atoms with Crippen molar-refractivity contribution in [2.45, 2.75) is 25.9 Å². The molecular weight excluding hydrogens is 290 g/mol. The molecule has 7 nitrogen and oxygen atoms in total. The van der Waals surface area contributed by atoms with E-state index in [9.17, 15) is 0 Å². The molecule has 8 heteroatoms. The van der Waals surface area contributed by atoms with Gasteiger partial charge in [-0.05, 0) is 53.6 Å². The first-order valence-electron chi connectivity index (χ1n) is 7.01. The lowest BCUT2D eigenvalue weighted by Crippen LogP contribution is -2.32. The second kappa shape index (κ2) is 8.31. The van der Waals surface area contributed by atoms with Gasteiger partial charge in [0.05, 0.1) is 0 Å². The smallest absolute Gasteiger partial charge is 0.228 e. The van der Waals surface area contributed by atoms with Crippen LogP contribution in [0.25, 0.3) is 0 Å². The van der Waals surface area contributed by atoms with E-state index in [1.807, 2.05) is 28.2 Å². The molecule has 2 unspecified atom stereocenters. The zero-order chi connectivity index (χ0) is 16.0. The molecule has 0 aromatic carbocycles. The number of hydrogen-bond acceptors (Lipinski definition) is 7. The zero-order valence-electron chi connectivity index (χ0n) is 13.7. The van der Waals surface area contributed by atoms with Crippen LogP contribution >= 0.6 is 11.6 Å². The zero-order valence-corrected chi connectivity index (χ0v) is 14.4. The van der Waals surface area contributed by atoms with Gasteiger partial charge in [0.2, 0.25) is 17.2 Å². The molecule has 0 aliphatic rings. The lowest BCUT2D eigenvalue weighted by molar-refractivity contribution is 0.325. The number of nitrogens with zero attached hydrogens (tertiary/aromatic N) is 5. The van der Waals surface area contributed by atoms with Gasteiger partial charge in [-0.1, -0.05) is 0 Å². The minimum absolute atomic E-state index is 0.185. The minimum Gasteiger partial charge on any atom is -0.352 e. The Balaban J connectivity index is 2.62. The first-order valence-corrected chi connectivity index (χ1v) is 7.39. The Labute approximate surface area is 132 Å². The van der Waals surface area contributed by atoms with Gasteiger partial charge in [-0.15, -0.1) is 0 Å². The molecule has 0 saturated carbocycles. The Kier molecular flexibility index (Phi) is 7.07. The average Bonchev–Trinajstić information content (AvgIpc) is 2.41. The van der Waals surface area contributed by atoms with Gasteiger partial charge >= 0.3 is 0 Å². The summed E-state index contributed by atoms with van der Waals surface area (Å²) in [6.07, 6.45) is 0. The van der Waals surface area contributed by atoms with Crippen molar-refractivity contribution in [2.24, 2.45) is 0 Å². The Bertz CT molecular complexity index is 402. The second-order valence-corrected chi connectivity index (χ2v) is 5.98. The highest BCUT2D eigenvalue weighted by Crippen LogP contribution is 2.10. The van der Waals surface area contributed by atoms with Gasteiger partial charge in [0.25, 0.3) is 0 Å². The SMILES string of the molecule is CC(CNc1nc(Cl)nc(NCC(C)N(C)C)n1)N(C)C. The molecule has 0 spiro atoms. The van der Waals surface area contributed by atoms with E-state index in [1.54, 1.807) is 0 Å². The van der Waals surface area contributed by atoms with Gasteiger partial charge in [-0.2, -0.15) is 15.0 Å². The van der Waals surface area contributed by atoms with Crippen LogP contribution in [0.3, 0.4) is 0 Å². The molecule has 2 N–H and O–H groups in total. The van der Waals surface area contributed by atoms with Gasteiger partial charge < -0.3 is 20.4 Å². The molecule has 1 aromatic heterocycles. The fourth-order valence-electron chi connectivity index (χ4n) is 1.35. The number of halogens is 1. The number of likely N-dealkylation sites (N-methyl/N-ethyl adjacent to an activating group) is 2. The lowest BCUT2D eigenvalue weighted by Gasteiger charge is -2.21. The molecule has 0 fully saturated rings. The van der Waals surface area contributed by atoms with Gasteiger partial charge in [0.1, 0.15) is 0 Å². The van der Waals surface area contributed by atoms with E-state index < -0.39 is 0 Å². The molecule has 2 atom stereocenters. The fraction of sp³-hybridized carbons (Fsp3) is 0.769. The van der Waals surface area contributed by atoms with Crippen LogP contribution in [-0.2, 0) is 0 Å². The summed E-state index contributed by atoms with van der Waals surface area (Å²) in [6.45, 7) is 5.71. The molecule has 0 aliphatic heterocycles. The monoisotopic (exact) mass is 315 g/mol. The van der Waals surface area contributed by atoms with Gasteiger partial charge in [0.15, 0.2) is 0 Å². The average molecular weight is 316 g/mol. The topological polar surface area (TPSA) is 69.2 Å². The van der Waals surface area contributed by atoms with Crippen LogP contribution < -0.4 is 10.6 Å². The van der Waals surface area contributed by atoms with Crippen LogP contribution in [0, 0.1) is 0 Å². The number of nitrogens with one attached hydrogen (secondary N) is 2. The molecule has 0 radical (unpaired) electrons. The maximum absolute atomic E-state index is 5.94. The first-order chi connectivity index (χ1) is 9.79. The molecule has 1 heterocycles. The maximum Gasteiger partial charge on any atom is 0.228 e. The van der Waals surface area contributed by atoms with E-state index in [0.717, 1.165) is 13.1 Å². The Hall–Kier alpha value is -1.18. The third-order valence-electron chi connectivity index (χ3n) is 3.48. The van der Waals surface area contributed by atoms with Gasteiger partial charge in [0, 0.05) is 25.2 Å². The second-order valence-electron chi connectivity index (χ2n) is 5.64. The normalized spacial score (nSPS) is 14.3. The van der Waals surface area contributed by atoms with Crippen LogP contribution in [0.4, 0.5) is 11.9 Å². The summed E-state index contributed by atoms with van der Waals surface area (Å²) < 4.78 is 0. The van der Waals surface area contributed by atoms with E-state index in [4.69, 9.17) is 11.6 Å². The molecule has 21 heavy (non-hydrogen) atoms. The molecule has 0 bridgehead atoms. The van der Waals surface area contributed by atoms with E-state index >= 15 is 0 Å². The van der Waals surface area contributed by atoms with Crippen molar-refractivity contribution in [3.63, 3.8) is 0 Å². The lowest BCUT2D eigenvalue weighted by atomic mass is 10.3. The molecule has 120 valence electrons. The predicted octanol–water partition coefficient (Wildman–Crippen LogP) is 1.25. The summed E-state index contributed by atoms with van der Waals surface area (Å²) >= 11 is 5.94.